The van der Waals surface area contributed by atoms with E-state index in [1.165, 1.54) is 22.0 Å². The molecule has 0 atom stereocenters. The van der Waals surface area contributed by atoms with E-state index in [-0.39, 0.29) is 0 Å². The maximum atomic E-state index is 3.36. The summed E-state index contributed by atoms with van der Waals surface area (Å²) in [6, 6.07) is 17.3. The first-order valence-electron chi connectivity index (χ1n) is 9.13. The van der Waals surface area contributed by atoms with Crippen LogP contribution in [0.5, 0.6) is 0 Å². The SMILES string of the molecule is CCCc1cccc2c1cc(C#CCNc1ccc(C)cc1)n2CC. The van der Waals surface area contributed by atoms with Gasteiger partial charge in [-0.3, -0.25) is 0 Å². The highest BCUT2D eigenvalue weighted by atomic mass is 15.0. The van der Waals surface area contributed by atoms with E-state index < -0.39 is 0 Å². The molecule has 0 aliphatic heterocycles. The number of benzene rings is 2. The van der Waals surface area contributed by atoms with E-state index in [0.717, 1.165) is 30.8 Å². The highest BCUT2D eigenvalue weighted by Crippen LogP contribution is 2.24. The number of rotatable bonds is 5. The molecule has 0 unspecified atom stereocenters. The summed E-state index contributed by atoms with van der Waals surface area (Å²) in [5.41, 5.74) is 6.21. The summed E-state index contributed by atoms with van der Waals surface area (Å²) in [4.78, 5) is 0. The lowest BCUT2D eigenvalue weighted by molar-refractivity contribution is 0.787. The zero-order valence-electron chi connectivity index (χ0n) is 15.4. The summed E-state index contributed by atoms with van der Waals surface area (Å²) in [5.74, 6) is 6.63. The summed E-state index contributed by atoms with van der Waals surface area (Å²) in [6.07, 6.45) is 2.28. The lowest BCUT2D eigenvalue weighted by atomic mass is 10.1. The zero-order valence-corrected chi connectivity index (χ0v) is 15.4. The highest BCUT2D eigenvalue weighted by molar-refractivity contribution is 5.85. The average molecular weight is 330 g/mol. The van der Waals surface area contributed by atoms with Crippen molar-refractivity contribution in [2.75, 3.05) is 11.9 Å². The summed E-state index contributed by atoms with van der Waals surface area (Å²) in [7, 11) is 0. The molecular weight excluding hydrogens is 304 g/mol. The van der Waals surface area contributed by atoms with Gasteiger partial charge in [-0.05, 0) is 56.0 Å². The van der Waals surface area contributed by atoms with Crippen LogP contribution >= 0.6 is 0 Å². The Morgan fingerprint density at radius 3 is 2.56 bits per heavy atom. The monoisotopic (exact) mass is 330 g/mol. The first-order chi connectivity index (χ1) is 12.2. The number of fused-ring (bicyclic) bond motifs is 1. The lowest BCUT2D eigenvalue weighted by Gasteiger charge is -2.05. The lowest BCUT2D eigenvalue weighted by Crippen LogP contribution is -2.00. The summed E-state index contributed by atoms with van der Waals surface area (Å²) in [6.45, 7) is 8.10. The van der Waals surface area contributed by atoms with Crippen LogP contribution < -0.4 is 5.32 Å². The molecule has 0 saturated carbocycles. The van der Waals surface area contributed by atoms with E-state index in [1.54, 1.807) is 0 Å². The summed E-state index contributed by atoms with van der Waals surface area (Å²) in [5, 5.41) is 4.71. The van der Waals surface area contributed by atoms with Crippen molar-refractivity contribution in [3.63, 3.8) is 0 Å². The van der Waals surface area contributed by atoms with Gasteiger partial charge in [0.15, 0.2) is 0 Å². The fourth-order valence-corrected chi connectivity index (χ4v) is 3.23. The van der Waals surface area contributed by atoms with E-state index in [4.69, 9.17) is 0 Å². The van der Waals surface area contributed by atoms with Crippen LogP contribution in [0.2, 0.25) is 0 Å². The molecule has 1 heterocycles. The molecule has 3 aromatic rings. The van der Waals surface area contributed by atoms with Crippen molar-refractivity contribution < 1.29 is 0 Å². The Balaban J connectivity index is 1.81. The van der Waals surface area contributed by atoms with Gasteiger partial charge in [-0.1, -0.05) is 49.1 Å². The van der Waals surface area contributed by atoms with Gasteiger partial charge >= 0.3 is 0 Å². The molecule has 0 aliphatic rings. The number of anilines is 1. The van der Waals surface area contributed by atoms with Gasteiger partial charge in [-0.25, -0.2) is 0 Å². The van der Waals surface area contributed by atoms with Gasteiger partial charge in [0.2, 0.25) is 0 Å². The number of nitrogens with one attached hydrogen (secondary N) is 1. The van der Waals surface area contributed by atoms with E-state index in [9.17, 15) is 0 Å². The summed E-state index contributed by atoms with van der Waals surface area (Å²) >= 11 is 0. The number of hydrogen-bond acceptors (Lipinski definition) is 1. The number of nitrogens with zero attached hydrogens (tertiary/aromatic N) is 1. The van der Waals surface area contributed by atoms with Crippen molar-refractivity contribution in [2.45, 2.75) is 40.2 Å². The Morgan fingerprint density at radius 1 is 1.04 bits per heavy atom. The second-order valence-electron chi connectivity index (χ2n) is 6.40. The maximum Gasteiger partial charge on any atom is 0.0931 e. The Kier molecular flexibility index (Phi) is 5.46. The van der Waals surface area contributed by atoms with Crippen LogP contribution in [0.25, 0.3) is 10.9 Å². The Bertz CT molecular complexity index is 905. The average Bonchev–Trinajstić information content (AvgIpc) is 2.99. The molecule has 2 nitrogen and oxygen atoms in total. The molecule has 0 saturated heterocycles. The largest absolute Gasteiger partial charge is 0.374 e. The quantitative estimate of drug-likeness (QED) is 0.621. The molecule has 2 aromatic carbocycles. The minimum atomic E-state index is 0.649. The van der Waals surface area contributed by atoms with Crippen LogP contribution in [-0.4, -0.2) is 11.1 Å². The number of aryl methyl sites for hydroxylation is 3. The minimum absolute atomic E-state index is 0.649. The van der Waals surface area contributed by atoms with Crippen molar-refractivity contribution in [1.29, 1.82) is 0 Å². The molecule has 25 heavy (non-hydrogen) atoms. The van der Waals surface area contributed by atoms with E-state index in [1.807, 2.05) is 0 Å². The van der Waals surface area contributed by atoms with Crippen molar-refractivity contribution in [3.8, 4) is 11.8 Å². The van der Waals surface area contributed by atoms with Crippen LogP contribution in [0.1, 0.15) is 37.1 Å². The summed E-state index contributed by atoms with van der Waals surface area (Å²) < 4.78 is 2.31. The molecule has 0 bridgehead atoms. The third-order valence-electron chi connectivity index (χ3n) is 4.52. The van der Waals surface area contributed by atoms with Gasteiger partial charge in [0.1, 0.15) is 0 Å². The second-order valence-corrected chi connectivity index (χ2v) is 6.40. The molecular formula is C23H26N2. The molecule has 3 rings (SSSR count). The molecule has 0 radical (unpaired) electrons. The first-order valence-corrected chi connectivity index (χ1v) is 9.13. The third kappa shape index (κ3) is 3.88. The molecule has 1 aromatic heterocycles. The van der Waals surface area contributed by atoms with Gasteiger partial charge in [-0.2, -0.15) is 0 Å². The van der Waals surface area contributed by atoms with Crippen LogP contribution in [0.15, 0.2) is 48.5 Å². The Hall–Kier alpha value is -2.66. The van der Waals surface area contributed by atoms with Gasteiger partial charge in [0.05, 0.1) is 12.2 Å². The fourth-order valence-electron chi connectivity index (χ4n) is 3.23. The van der Waals surface area contributed by atoms with Crippen molar-refractivity contribution in [2.24, 2.45) is 0 Å². The number of hydrogen-bond donors (Lipinski definition) is 1. The Labute approximate surface area is 150 Å². The Morgan fingerprint density at radius 2 is 1.84 bits per heavy atom. The molecule has 0 fully saturated rings. The normalized spacial score (nSPS) is 10.5. The topological polar surface area (TPSA) is 17.0 Å². The van der Waals surface area contributed by atoms with Crippen LogP contribution in [0, 0.1) is 18.8 Å². The van der Waals surface area contributed by atoms with E-state index in [2.05, 4.69) is 91.0 Å². The molecule has 0 aliphatic carbocycles. The fraction of sp³-hybridized carbons (Fsp3) is 0.304. The smallest absolute Gasteiger partial charge is 0.0931 e. The number of aromatic nitrogens is 1. The standard InChI is InChI=1S/C23H26N2/c1-4-8-19-9-6-11-23-22(19)17-21(25(23)5-2)10-7-16-24-20-14-12-18(3)13-15-20/h6,9,11-15,17,24H,4-5,8,16H2,1-3H3. The molecule has 128 valence electrons. The van der Waals surface area contributed by atoms with Crippen molar-refractivity contribution in [1.82, 2.24) is 4.57 Å². The van der Waals surface area contributed by atoms with Crippen LogP contribution in [0.3, 0.4) is 0 Å². The minimum Gasteiger partial charge on any atom is -0.374 e. The third-order valence-corrected chi connectivity index (χ3v) is 4.52. The van der Waals surface area contributed by atoms with E-state index in [0.29, 0.717) is 6.54 Å². The van der Waals surface area contributed by atoms with Gasteiger partial charge in [0.25, 0.3) is 0 Å². The van der Waals surface area contributed by atoms with E-state index >= 15 is 0 Å². The zero-order chi connectivity index (χ0) is 17.6. The van der Waals surface area contributed by atoms with Gasteiger partial charge < -0.3 is 9.88 Å². The molecule has 2 heteroatoms. The van der Waals surface area contributed by atoms with Gasteiger partial charge in [0, 0.05) is 23.1 Å². The molecule has 0 spiro atoms. The first kappa shape index (κ1) is 17.2. The second kappa shape index (κ2) is 7.94. The van der Waals surface area contributed by atoms with Crippen molar-refractivity contribution in [3.05, 3.63) is 65.4 Å². The predicted octanol–water partition coefficient (Wildman–Crippen LogP) is 5.39. The molecule has 0 amide bonds. The van der Waals surface area contributed by atoms with Crippen LogP contribution in [-0.2, 0) is 13.0 Å². The molecule has 1 N–H and O–H groups in total. The highest BCUT2D eigenvalue weighted by Gasteiger charge is 2.08. The van der Waals surface area contributed by atoms with Crippen molar-refractivity contribution >= 4 is 16.6 Å². The van der Waals surface area contributed by atoms with Gasteiger partial charge in [-0.15, -0.1) is 0 Å². The maximum absolute atomic E-state index is 3.36. The predicted molar refractivity (Wildman–Crippen MR) is 108 cm³/mol. The van der Waals surface area contributed by atoms with Crippen LogP contribution in [0.4, 0.5) is 5.69 Å².